The number of allylic oxidation sites excluding steroid dienone is 1. The molecule has 3 heterocycles. The van der Waals surface area contributed by atoms with E-state index in [1.165, 1.54) is 33.5 Å². The number of hydrogen-bond acceptors (Lipinski definition) is 3. The summed E-state index contributed by atoms with van der Waals surface area (Å²) in [6.45, 7) is 12.7. The number of rotatable bonds is 3. The molecule has 0 amide bonds. The highest BCUT2D eigenvalue weighted by molar-refractivity contribution is 5.76. The molecule has 0 saturated carbocycles. The zero-order valence-electron chi connectivity index (χ0n) is 15.4. The van der Waals surface area contributed by atoms with Gasteiger partial charge in [-0.1, -0.05) is 19.6 Å². The Hall–Kier alpha value is -2.62. The average molecular weight is 332 g/mol. The van der Waals surface area contributed by atoms with E-state index in [9.17, 15) is 0 Å². The van der Waals surface area contributed by atoms with Gasteiger partial charge in [-0.05, 0) is 61.6 Å². The van der Waals surface area contributed by atoms with Crippen molar-refractivity contribution in [3.05, 3.63) is 58.6 Å². The summed E-state index contributed by atoms with van der Waals surface area (Å²) in [5.74, 6) is 0.922. The molecule has 0 atom stereocenters. The predicted octanol–water partition coefficient (Wildman–Crippen LogP) is 4.76. The van der Waals surface area contributed by atoms with Crippen LogP contribution in [-0.2, 0) is 12.8 Å². The number of anilines is 1. The van der Waals surface area contributed by atoms with Crippen LogP contribution in [0.2, 0.25) is 0 Å². The lowest BCUT2D eigenvalue weighted by Gasteiger charge is -2.13. The summed E-state index contributed by atoms with van der Waals surface area (Å²) >= 11 is 0. The summed E-state index contributed by atoms with van der Waals surface area (Å²) < 4.78 is 2.04. The zero-order valence-corrected chi connectivity index (χ0v) is 15.4. The summed E-state index contributed by atoms with van der Waals surface area (Å²) in [4.78, 5) is 4.76. The largest absolute Gasteiger partial charge is 0.359 e. The van der Waals surface area contributed by atoms with E-state index in [4.69, 9.17) is 10.1 Å². The average Bonchev–Trinajstić information content (AvgIpc) is 3.11. The first-order valence-electron chi connectivity index (χ1n) is 8.92. The molecule has 1 aromatic carbocycles. The molecule has 0 spiro atoms. The number of hydrogen-bond donors (Lipinski definition) is 1. The molecular formula is C21H24N4. The van der Waals surface area contributed by atoms with E-state index in [1.54, 1.807) is 0 Å². The number of nitrogens with one attached hydrogen (secondary N) is 1. The molecule has 0 radical (unpaired) electrons. The minimum Gasteiger partial charge on any atom is -0.359 e. The van der Waals surface area contributed by atoms with Crippen molar-refractivity contribution in [2.24, 2.45) is 0 Å². The van der Waals surface area contributed by atoms with Crippen LogP contribution in [0.1, 0.15) is 41.4 Å². The Morgan fingerprint density at radius 1 is 1.12 bits per heavy atom. The fourth-order valence-corrected chi connectivity index (χ4v) is 3.84. The van der Waals surface area contributed by atoms with Crippen molar-refractivity contribution in [2.75, 3.05) is 5.32 Å². The van der Waals surface area contributed by atoms with Gasteiger partial charge in [-0.25, -0.2) is 9.50 Å². The number of aryl methyl sites for hydroxylation is 4. The lowest BCUT2D eigenvalue weighted by atomic mass is 9.98. The Kier molecular flexibility index (Phi) is 3.64. The van der Waals surface area contributed by atoms with Gasteiger partial charge >= 0.3 is 0 Å². The number of fused-ring (bicyclic) bond motifs is 2. The van der Waals surface area contributed by atoms with Crippen molar-refractivity contribution in [3.63, 3.8) is 0 Å². The van der Waals surface area contributed by atoms with E-state index >= 15 is 0 Å². The molecule has 0 aliphatic carbocycles. The van der Waals surface area contributed by atoms with Gasteiger partial charge in [0.2, 0.25) is 0 Å². The minimum atomic E-state index is 0.885. The van der Waals surface area contributed by atoms with Gasteiger partial charge < -0.3 is 5.32 Å². The SMILES string of the molecule is C=C1Cc2cc(-c3c(C)cc(C)c4nc(CCC)nn34)cc(C)c2N1. The first-order valence-corrected chi connectivity index (χ1v) is 8.92. The third kappa shape index (κ3) is 2.53. The van der Waals surface area contributed by atoms with Gasteiger partial charge in [0.1, 0.15) is 0 Å². The molecule has 0 bridgehead atoms. The van der Waals surface area contributed by atoms with Gasteiger partial charge in [0.25, 0.3) is 0 Å². The van der Waals surface area contributed by atoms with Crippen molar-refractivity contribution in [1.82, 2.24) is 14.6 Å². The fraction of sp³-hybridized carbons (Fsp3) is 0.333. The number of benzene rings is 1. The smallest absolute Gasteiger partial charge is 0.159 e. The monoisotopic (exact) mass is 332 g/mol. The van der Waals surface area contributed by atoms with Gasteiger partial charge in [0.05, 0.1) is 5.69 Å². The molecule has 3 aromatic rings. The van der Waals surface area contributed by atoms with Crippen LogP contribution in [0.3, 0.4) is 0 Å². The highest BCUT2D eigenvalue weighted by Crippen LogP contribution is 2.36. The molecule has 128 valence electrons. The molecule has 1 N–H and O–H groups in total. The van der Waals surface area contributed by atoms with Crippen molar-refractivity contribution in [3.8, 4) is 11.3 Å². The fourth-order valence-electron chi connectivity index (χ4n) is 3.84. The van der Waals surface area contributed by atoms with Crippen LogP contribution in [-0.4, -0.2) is 14.6 Å². The van der Waals surface area contributed by atoms with Crippen LogP contribution >= 0.6 is 0 Å². The van der Waals surface area contributed by atoms with E-state index in [0.29, 0.717) is 0 Å². The quantitative estimate of drug-likeness (QED) is 0.752. The second-order valence-electron chi connectivity index (χ2n) is 7.11. The molecular weight excluding hydrogens is 308 g/mol. The third-order valence-electron chi connectivity index (χ3n) is 4.89. The van der Waals surface area contributed by atoms with Crippen LogP contribution in [0.4, 0.5) is 5.69 Å². The number of pyridine rings is 1. The first-order chi connectivity index (χ1) is 12.0. The lowest BCUT2D eigenvalue weighted by molar-refractivity contribution is 0.819. The predicted molar refractivity (Wildman–Crippen MR) is 103 cm³/mol. The van der Waals surface area contributed by atoms with Crippen LogP contribution in [0.15, 0.2) is 30.5 Å². The van der Waals surface area contributed by atoms with E-state index in [0.717, 1.165) is 42.1 Å². The summed E-state index contributed by atoms with van der Waals surface area (Å²) in [6.07, 6.45) is 2.85. The standard InChI is InChI=1S/C21H24N4/c1-6-7-18-23-21-14(4)8-13(3)20(25(21)24-18)17-9-12(2)19-16(11-17)10-15(5)22-19/h8-9,11,22H,5-7,10H2,1-4H3. The van der Waals surface area contributed by atoms with Crippen LogP contribution in [0, 0.1) is 20.8 Å². The van der Waals surface area contributed by atoms with Crippen LogP contribution in [0.25, 0.3) is 16.9 Å². The Morgan fingerprint density at radius 3 is 2.68 bits per heavy atom. The highest BCUT2D eigenvalue weighted by Gasteiger charge is 2.20. The molecule has 0 unspecified atom stereocenters. The Morgan fingerprint density at radius 2 is 1.92 bits per heavy atom. The third-order valence-corrected chi connectivity index (χ3v) is 4.89. The number of nitrogens with zero attached hydrogens (tertiary/aromatic N) is 3. The maximum Gasteiger partial charge on any atom is 0.159 e. The van der Waals surface area contributed by atoms with E-state index < -0.39 is 0 Å². The molecule has 4 heteroatoms. The van der Waals surface area contributed by atoms with E-state index in [-0.39, 0.29) is 0 Å². The van der Waals surface area contributed by atoms with Crippen LogP contribution in [0.5, 0.6) is 0 Å². The van der Waals surface area contributed by atoms with Crippen molar-refractivity contribution in [2.45, 2.75) is 47.0 Å². The Balaban J connectivity index is 1.97. The van der Waals surface area contributed by atoms with E-state index in [2.05, 4.69) is 57.8 Å². The van der Waals surface area contributed by atoms with E-state index in [1.807, 2.05) is 4.52 Å². The summed E-state index contributed by atoms with van der Waals surface area (Å²) in [5.41, 5.74) is 10.5. The van der Waals surface area contributed by atoms with Crippen LogP contribution < -0.4 is 5.32 Å². The van der Waals surface area contributed by atoms with Crippen molar-refractivity contribution >= 4 is 11.3 Å². The molecule has 25 heavy (non-hydrogen) atoms. The maximum absolute atomic E-state index is 4.81. The van der Waals surface area contributed by atoms with Gasteiger partial charge in [0, 0.05) is 29.8 Å². The lowest BCUT2D eigenvalue weighted by Crippen LogP contribution is -2.01. The summed E-state index contributed by atoms with van der Waals surface area (Å²) in [5, 5.41) is 8.21. The van der Waals surface area contributed by atoms with Gasteiger partial charge in [-0.3, -0.25) is 0 Å². The van der Waals surface area contributed by atoms with Crippen molar-refractivity contribution in [1.29, 1.82) is 0 Å². The molecule has 4 rings (SSSR count). The van der Waals surface area contributed by atoms with Crippen molar-refractivity contribution < 1.29 is 0 Å². The molecule has 0 saturated heterocycles. The molecule has 1 aliphatic heterocycles. The zero-order chi connectivity index (χ0) is 17.7. The second kappa shape index (κ2) is 5.73. The normalized spacial score (nSPS) is 13.4. The summed E-state index contributed by atoms with van der Waals surface area (Å²) in [7, 11) is 0. The second-order valence-corrected chi connectivity index (χ2v) is 7.11. The first kappa shape index (κ1) is 15.9. The van der Waals surface area contributed by atoms with Gasteiger partial charge in [0.15, 0.2) is 11.5 Å². The molecule has 1 aliphatic rings. The highest BCUT2D eigenvalue weighted by atomic mass is 15.3. The molecule has 0 fully saturated rings. The summed E-state index contributed by atoms with van der Waals surface area (Å²) in [6, 6.07) is 6.73. The molecule has 2 aromatic heterocycles. The Bertz CT molecular complexity index is 1010. The number of aromatic nitrogens is 3. The molecule has 4 nitrogen and oxygen atoms in total. The minimum absolute atomic E-state index is 0.885. The Labute approximate surface area is 148 Å². The maximum atomic E-state index is 4.81. The topological polar surface area (TPSA) is 42.2 Å². The van der Waals surface area contributed by atoms with Gasteiger partial charge in [-0.15, -0.1) is 0 Å². The van der Waals surface area contributed by atoms with Gasteiger partial charge in [-0.2, -0.15) is 5.10 Å².